The van der Waals surface area contributed by atoms with Crippen LogP contribution in [0.15, 0.2) is 0 Å². The number of esters is 1. The molecule has 1 N–H and O–H groups in total. The monoisotopic (exact) mass is 258 g/mol. The molecule has 0 bridgehead atoms. The zero-order valence-corrected chi connectivity index (χ0v) is 12.9. The smallest absolute Gasteiger partial charge is 0.325 e. The summed E-state index contributed by atoms with van der Waals surface area (Å²) in [6.45, 7) is 10.2. The van der Waals surface area contributed by atoms with Crippen molar-refractivity contribution in [2.24, 2.45) is 0 Å². The molecule has 0 aliphatic heterocycles. The molecule has 0 aliphatic rings. The summed E-state index contributed by atoms with van der Waals surface area (Å²) >= 11 is 0. The van der Waals surface area contributed by atoms with Gasteiger partial charge in [-0.1, -0.05) is 13.8 Å². The molecule has 0 heterocycles. The van der Waals surface area contributed by atoms with Gasteiger partial charge in [0.05, 0.1) is 7.11 Å². The second-order valence-electron chi connectivity index (χ2n) is 5.28. The standard InChI is InChI=1S/C14H30N2O2/c1-7-9-15-14(4,13(17)18-6)11-12(3)16(5)10-8-2/h12,15H,7-11H2,1-6H3. The number of carbonyl (C=O) groups is 1. The van der Waals surface area contributed by atoms with Crippen molar-refractivity contribution in [1.82, 2.24) is 10.2 Å². The van der Waals surface area contributed by atoms with E-state index in [4.69, 9.17) is 4.74 Å². The van der Waals surface area contributed by atoms with Crippen molar-refractivity contribution in [1.29, 1.82) is 0 Å². The third-order valence-corrected chi connectivity index (χ3v) is 3.43. The molecule has 108 valence electrons. The first-order valence-corrected chi connectivity index (χ1v) is 6.95. The fraction of sp³-hybridized carbons (Fsp3) is 0.929. The van der Waals surface area contributed by atoms with Crippen LogP contribution >= 0.6 is 0 Å². The maximum absolute atomic E-state index is 12.0. The number of hydrogen-bond acceptors (Lipinski definition) is 4. The van der Waals surface area contributed by atoms with Crippen molar-refractivity contribution < 1.29 is 9.53 Å². The van der Waals surface area contributed by atoms with Crippen molar-refractivity contribution >= 4 is 5.97 Å². The molecule has 18 heavy (non-hydrogen) atoms. The topological polar surface area (TPSA) is 41.6 Å². The summed E-state index contributed by atoms with van der Waals surface area (Å²) in [5.74, 6) is -0.173. The second kappa shape index (κ2) is 8.48. The summed E-state index contributed by atoms with van der Waals surface area (Å²) in [5.41, 5.74) is -0.591. The Morgan fingerprint density at radius 2 is 2.00 bits per heavy atom. The van der Waals surface area contributed by atoms with Crippen molar-refractivity contribution in [2.45, 2.75) is 58.5 Å². The van der Waals surface area contributed by atoms with Crippen LogP contribution in [0.4, 0.5) is 0 Å². The van der Waals surface area contributed by atoms with Crippen molar-refractivity contribution in [2.75, 3.05) is 27.2 Å². The van der Waals surface area contributed by atoms with Crippen LogP contribution in [-0.4, -0.2) is 49.7 Å². The second-order valence-corrected chi connectivity index (χ2v) is 5.28. The summed E-state index contributed by atoms with van der Waals surface area (Å²) < 4.78 is 4.93. The van der Waals surface area contributed by atoms with E-state index >= 15 is 0 Å². The third-order valence-electron chi connectivity index (χ3n) is 3.43. The Labute approximate surface area is 112 Å². The predicted octanol–water partition coefficient (Wildman–Crippen LogP) is 2.04. The Hall–Kier alpha value is -0.610. The summed E-state index contributed by atoms with van der Waals surface area (Å²) in [4.78, 5) is 14.2. The van der Waals surface area contributed by atoms with Gasteiger partial charge in [-0.3, -0.25) is 4.79 Å². The van der Waals surface area contributed by atoms with Crippen LogP contribution in [0.5, 0.6) is 0 Å². The van der Waals surface area contributed by atoms with Crippen molar-refractivity contribution in [3.63, 3.8) is 0 Å². The number of nitrogens with one attached hydrogen (secondary N) is 1. The minimum Gasteiger partial charge on any atom is -0.468 e. The Morgan fingerprint density at radius 3 is 2.44 bits per heavy atom. The minimum absolute atomic E-state index is 0.173. The van der Waals surface area contributed by atoms with Gasteiger partial charge in [-0.15, -0.1) is 0 Å². The number of hydrogen-bond donors (Lipinski definition) is 1. The molecule has 0 spiro atoms. The van der Waals surface area contributed by atoms with Crippen LogP contribution in [0, 0.1) is 0 Å². The lowest BCUT2D eigenvalue weighted by atomic mass is 9.92. The molecule has 0 aromatic rings. The lowest BCUT2D eigenvalue weighted by molar-refractivity contribution is -0.148. The van der Waals surface area contributed by atoms with Gasteiger partial charge >= 0.3 is 5.97 Å². The van der Waals surface area contributed by atoms with Gasteiger partial charge in [0.2, 0.25) is 0 Å². The molecular weight excluding hydrogens is 228 g/mol. The number of methoxy groups -OCH3 is 1. The van der Waals surface area contributed by atoms with E-state index in [1.807, 2.05) is 6.92 Å². The number of carbonyl (C=O) groups excluding carboxylic acids is 1. The molecule has 2 atom stereocenters. The van der Waals surface area contributed by atoms with Crippen LogP contribution in [0.3, 0.4) is 0 Å². The Morgan fingerprint density at radius 1 is 1.39 bits per heavy atom. The zero-order valence-electron chi connectivity index (χ0n) is 12.9. The van der Waals surface area contributed by atoms with Crippen LogP contribution in [0.25, 0.3) is 0 Å². The molecule has 0 saturated carbocycles. The van der Waals surface area contributed by atoms with E-state index in [-0.39, 0.29) is 5.97 Å². The van der Waals surface area contributed by atoms with E-state index in [2.05, 4.69) is 38.0 Å². The number of rotatable bonds is 9. The minimum atomic E-state index is -0.591. The number of nitrogens with zero attached hydrogens (tertiary/aromatic N) is 1. The molecule has 0 aromatic heterocycles. The quantitative estimate of drug-likeness (QED) is 0.643. The molecule has 0 aliphatic carbocycles. The highest BCUT2D eigenvalue weighted by Gasteiger charge is 2.35. The predicted molar refractivity (Wildman–Crippen MR) is 75.7 cm³/mol. The Kier molecular flexibility index (Phi) is 8.20. The van der Waals surface area contributed by atoms with Crippen LogP contribution < -0.4 is 5.32 Å². The Bertz CT molecular complexity index is 246. The first kappa shape index (κ1) is 17.4. The summed E-state index contributed by atoms with van der Waals surface area (Å²) in [6.07, 6.45) is 2.89. The Balaban J connectivity index is 4.62. The molecule has 2 unspecified atom stereocenters. The van der Waals surface area contributed by atoms with Crippen molar-refractivity contribution in [3.05, 3.63) is 0 Å². The summed E-state index contributed by atoms with van der Waals surface area (Å²) in [7, 11) is 3.56. The first-order chi connectivity index (χ1) is 8.41. The molecule has 0 fully saturated rings. The van der Waals surface area contributed by atoms with E-state index in [0.29, 0.717) is 6.04 Å². The molecule has 0 saturated heterocycles. The lowest BCUT2D eigenvalue weighted by Gasteiger charge is -2.34. The summed E-state index contributed by atoms with van der Waals surface area (Å²) in [5, 5.41) is 3.32. The van der Waals surface area contributed by atoms with Gasteiger partial charge in [-0.05, 0) is 53.2 Å². The number of ether oxygens (including phenoxy) is 1. The fourth-order valence-corrected chi connectivity index (χ4v) is 2.17. The molecule has 0 amide bonds. The highest BCUT2D eigenvalue weighted by atomic mass is 16.5. The van der Waals surface area contributed by atoms with E-state index in [1.54, 1.807) is 0 Å². The van der Waals surface area contributed by atoms with Crippen molar-refractivity contribution in [3.8, 4) is 0 Å². The van der Waals surface area contributed by atoms with E-state index in [0.717, 1.165) is 32.4 Å². The molecular formula is C14H30N2O2. The molecule has 4 nitrogen and oxygen atoms in total. The summed E-state index contributed by atoms with van der Waals surface area (Å²) in [6, 6.07) is 0.346. The van der Waals surface area contributed by atoms with Gasteiger partial charge in [0.15, 0.2) is 0 Å². The van der Waals surface area contributed by atoms with Gasteiger partial charge in [0.25, 0.3) is 0 Å². The zero-order chi connectivity index (χ0) is 14.2. The molecule has 4 heteroatoms. The molecule has 0 aromatic carbocycles. The van der Waals surface area contributed by atoms with Crippen LogP contribution in [0.1, 0.15) is 47.0 Å². The average Bonchev–Trinajstić information content (AvgIpc) is 2.35. The largest absolute Gasteiger partial charge is 0.468 e. The highest BCUT2D eigenvalue weighted by Crippen LogP contribution is 2.17. The van der Waals surface area contributed by atoms with Crippen LogP contribution in [0.2, 0.25) is 0 Å². The third kappa shape index (κ3) is 5.36. The maximum Gasteiger partial charge on any atom is 0.325 e. The molecule has 0 radical (unpaired) electrons. The van der Waals surface area contributed by atoms with E-state index in [1.165, 1.54) is 7.11 Å². The first-order valence-electron chi connectivity index (χ1n) is 6.95. The maximum atomic E-state index is 12.0. The fourth-order valence-electron chi connectivity index (χ4n) is 2.17. The van der Waals surface area contributed by atoms with Gasteiger partial charge in [-0.2, -0.15) is 0 Å². The van der Waals surface area contributed by atoms with Gasteiger partial charge < -0.3 is 15.0 Å². The average molecular weight is 258 g/mol. The van der Waals surface area contributed by atoms with E-state index < -0.39 is 5.54 Å². The van der Waals surface area contributed by atoms with E-state index in [9.17, 15) is 4.79 Å². The lowest BCUT2D eigenvalue weighted by Crippen LogP contribution is -2.54. The van der Waals surface area contributed by atoms with Gasteiger partial charge in [0.1, 0.15) is 5.54 Å². The normalized spacial score (nSPS) is 16.4. The SMILES string of the molecule is CCCNC(C)(CC(C)N(C)CCC)C(=O)OC. The highest BCUT2D eigenvalue weighted by molar-refractivity contribution is 5.80. The van der Waals surface area contributed by atoms with Gasteiger partial charge in [0, 0.05) is 6.04 Å². The van der Waals surface area contributed by atoms with Gasteiger partial charge in [-0.25, -0.2) is 0 Å². The molecule has 0 rings (SSSR count). The van der Waals surface area contributed by atoms with Crippen LogP contribution in [-0.2, 0) is 9.53 Å².